The Morgan fingerprint density at radius 3 is 2.32 bits per heavy atom. The summed E-state index contributed by atoms with van der Waals surface area (Å²) in [5.41, 5.74) is 6.23. The number of carbonyl (C=O) groups excluding carboxylic acids is 2. The fraction of sp³-hybridized carbons (Fsp3) is 0.333. The number of methoxy groups -OCH3 is 1. The maximum atomic E-state index is 12.9. The third-order valence-electron chi connectivity index (χ3n) is 5.31. The highest BCUT2D eigenvalue weighted by molar-refractivity contribution is 7.89. The molecule has 0 radical (unpaired) electrons. The van der Waals surface area contributed by atoms with Gasteiger partial charge >= 0.3 is 0 Å². The number of carbonyl (C=O) groups is 2. The molecule has 2 aromatic carbocycles. The van der Waals surface area contributed by atoms with E-state index in [-0.39, 0.29) is 17.3 Å². The molecule has 9 nitrogen and oxygen atoms in total. The Kier molecular flexibility index (Phi) is 8.67. The van der Waals surface area contributed by atoms with Gasteiger partial charge in [-0.3, -0.25) is 9.59 Å². The first-order valence-corrected chi connectivity index (χ1v) is 12.4. The summed E-state index contributed by atoms with van der Waals surface area (Å²) in [6, 6.07) is 11.2. The van der Waals surface area contributed by atoms with Crippen molar-refractivity contribution in [3.63, 3.8) is 0 Å². The van der Waals surface area contributed by atoms with E-state index in [4.69, 9.17) is 15.2 Å². The number of primary amides is 1. The molecule has 3 N–H and O–H groups in total. The van der Waals surface area contributed by atoms with Gasteiger partial charge in [-0.15, -0.1) is 0 Å². The topological polar surface area (TPSA) is 128 Å². The molecule has 0 aliphatic carbocycles. The first-order chi connectivity index (χ1) is 16.3. The Balaban J connectivity index is 1.64. The Morgan fingerprint density at radius 2 is 1.71 bits per heavy atom. The molecule has 3 rings (SSSR count). The van der Waals surface area contributed by atoms with E-state index in [1.807, 2.05) is 0 Å². The van der Waals surface area contributed by atoms with E-state index in [0.29, 0.717) is 30.1 Å². The molecule has 2 aromatic rings. The first-order valence-electron chi connectivity index (χ1n) is 11.0. The lowest BCUT2D eigenvalue weighted by molar-refractivity contribution is -0.120. The Bertz CT molecular complexity index is 1140. The van der Waals surface area contributed by atoms with Crippen LogP contribution in [0, 0.1) is 0 Å². The number of anilines is 1. The second-order valence-electron chi connectivity index (χ2n) is 7.83. The van der Waals surface area contributed by atoms with Gasteiger partial charge in [-0.2, -0.15) is 4.31 Å². The zero-order valence-corrected chi connectivity index (χ0v) is 19.8. The van der Waals surface area contributed by atoms with Crippen LogP contribution in [0.15, 0.2) is 53.4 Å². The summed E-state index contributed by atoms with van der Waals surface area (Å²) in [6.07, 6.45) is 6.79. The molecule has 0 unspecified atom stereocenters. The van der Waals surface area contributed by atoms with Crippen LogP contribution in [-0.2, 0) is 19.6 Å². The van der Waals surface area contributed by atoms with Gasteiger partial charge < -0.3 is 20.5 Å². The van der Waals surface area contributed by atoms with Gasteiger partial charge in [0, 0.05) is 30.9 Å². The number of nitrogens with one attached hydrogen (secondary N) is 1. The molecule has 0 atom stereocenters. The fourth-order valence-corrected chi connectivity index (χ4v) is 5.07. The largest absolute Gasteiger partial charge is 0.493 e. The van der Waals surface area contributed by atoms with E-state index < -0.39 is 21.8 Å². The van der Waals surface area contributed by atoms with Gasteiger partial charge in [0.15, 0.2) is 18.1 Å². The molecule has 0 aromatic heterocycles. The number of nitrogens with zero attached hydrogens (tertiary/aromatic N) is 1. The molecular formula is C24H29N3O6S. The van der Waals surface area contributed by atoms with Crippen LogP contribution in [0.4, 0.5) is 5.69 Å². The number of hydrogen-bond donors (Lipinski definition) is 2. The normalized spacial score (nSPS) is 15.0. The molecular weight excluding hydrogens is 458 g/mol. The van der Waals surface area contributed by atoms with Crippen LogP contribution in [0.1, 0.15) is 31.2 Å². The van der Waals surface area contributed by atoms with E-state index in [2.05, 4.69) is 5.32 Å². The number of sulfonamides is 1. The van der Waals surface area contributed by atoms with Crippen LogP contribution in [0.3, 0.4) is 0 Å². The number of ether oxygens (including phenoxy) is 2. The summed E-state index contributed by atoms with van der Waals surface area (Å²) >= 11 is 0. The van der Waals surface area contributed by atoms with Gasteiger partial charge in [-0.05, 0) is 48.7 Å². The van der Waals surface area contributed by atoms with Crippen molar-refractivity contribution >= 4 is 33.6 Å². The molecule has 0 spiro atoms. The van der Waals surface area contributed by atoms with Crippen molar-refractivity contribution in [1.29, 1.82) is 0 Å². The minimum absolute atomic E-state index is 0.248. The zero-order valence-electron chi connectivity index (χ0n) is 19.0. The molecule has 2 amide bonds. The average Bonchev–Trinajstić information content (AvgIpc) is 3.12. The van der Waals surface area contributed by atoms with Gasteiger partial charge in [0.05, 0.1) is 12.0 Å². The maximum Gasteiger partial charge on any atom is 0.255 e. The van der Waals surface area contributed by atoms with E-state index in [9.17, 15) is 18.0 Å². The van der Waals surface area contributed by atoms with E-state index >= 15 is 0 Å². The molecule has 10 heteroatoms. The van der Waals surface area contributed by atoms with E-state index in [1.165, 1.54) is 19.3 Å². The molecule has 0 saturated carbocycles. The van der Waals surface area contributed by atoms with Crippen molar-refractivity contribution < 1.29 is 27.5 Å². The number of rotatable bonds is 9. The van der Waals surface area contributed by atoms with Crippen molar-refractivity contribution in [1.82, 2.24) is 4.31 Å². The summed E-state index contributed by atoms with van der Waals surface area (Å²) in [6.45, 7) is 0.771. The van der Waals surface area contributed by atoms with Crippen molar-refractivity contribution in [3.8, 4) is 11.5 Å². The van der Waals surface area contributed by atoms with E-state index in [0.717, 1.165) is 25.7 Å². The molecule has 182 valence electrons. The number of nitrogens with two attached hydrogens (primary N) is 1. The minimum Gasteiger partial charge on any atom is -0.493 e. The highest BCUT2D eigenvalue weighted by Crippen LogP contribution is 2.30. The lowest BCUT2D eigenvalue weighted by Gasteiger charge is -2.19. The Morgan fingerprint density at radius 1 is 1.03 bits per heavy atom. The van der Waals surface area contributed by atoms with Crippen LogP contribution in [0.5, 0.6) is 11.5 Å². The first kappa shape index (κ1) is 25.3. The van der Waals surface area contributed by atoms with Crippen LogP contribution in [-0.4, -0.2) is 51.3 Å². The molecule has 1 heterocycles. The summed E-state index contributed by atoms with van der Waals surface area (Å²) in [7, 11) is -2.06. The third kappa shape index (κ3) is 6.82. The summed E-state index contributed by atoms with van der Waals surface area (Å²) in [5.74, 6) is -0.369. The standard InChI is InChI=1S/C24H29N3O6S/c1-32-21-12-9-19(16-22(21)33-17-23(25)28)26-24(29)13-8-18-6-10-20(11-7-18)34(30,31)27-14-4-2-3-5-15-27/h6-13,16H,2-5,14-15,17H2,1H3,(H2,25,28)(H,26,29)/b13-8+. The van der Waals surface area contributed by atoms with Gasteiger partial charge in [0.25, 0.3) is 5.91 Å². The second kappa shape index (κ2) is 11.7. The van der Waals surface area contributed by atoms with Gasteiger partial charge in [0.2, 0.25) is 15.9 Å². The van der Waals surface area contributed by atoms with E-state index in [1.54, 1.807) is 46.8 Å². The minimum atomic E-state index is -3.52. The van der Waals surface area contributed by atoms with Gasteiger partial charge in [0.1, 0.15) is 0 Å². The number of amides is 2. The quantitative estimate of drug-likeness (QED) is 0.524. The molecule has 1 fully saturated rings. The Hall–Kier alpha value is -3.37. The number of benzene rings is 2. The van der Waals surface area contributed by atoms with Gasteiger partial charge in [-0.25, -0.2) is 8.42 Å². The summed E-state index contributed by atoms with van der Waals surface area (Å²) in [4.78, 5) is 23.6. The predicted molar refractivity (Wildman–Crippen MR) is 129 cm³/mol. The maximum absolute atomic E-state index is 12.9. The summed E-state index contributed by atoms with van der Waals surface area (Å²) < 4.78 is 37.8. The molecule has 1 aliphatic heterocycles. The molecule has 0 bridgehead atoms. The fourth-order valence-electron chi connectivity index (χ4n) is 3.55. The van der Waals surface area contributed by atoms with Crippen molar-refractivity contribution in [3.05, 3.63) is 54.1 Å². The lowest BCUT2D eigenvalue weighted by atomic mass is 10.2. The van der Waals surface area contributed by atoms with Crippen molar-refractivity contribution in [2.24, 2.45) is 5.73 Å². The van der Waals surface area contributed by atoms with Crippen LogP contribution in [0.2, 0.25) is 0 Å². The highest BCUT2D eigenvalue weighted by Gasteiger charge is 2.24. The lowest BCUT2D eigenvalue weighted by Crippen LogP contribution is -2.31. The monoisotopic (exact) mass is 487 g/mol. The van der Waals surface area contributed by atoms with Crippen LogP contribution < -0.4 is 20.5 Å². The number of hydrogen-bond acceptors (Lipinski definition) is 6. The van der Waals surface area contributed by atoms with Crippen molar-refractivity contribution in [2.75, 3.05) is 32.1 Å². The summed E-state index contributed by atoms with van der Waals surface area (Å²) in [5, 5.41) is 2.70. The third-order valence-corrected chi connectivity index (χ3v) is 7.22. The molecule has 34 heavy (non-hydrogen) atoms. The van der Waals surface area contributed by atoms with Gasteiger partial charge in [-0.1, -0.05) is 25.0 Å². The second-order valence-corrected chi connectivity index (χ2v) is 9.77. The highest BCUT2D eigenvalue weighted by atomic mass is 32.2. The van der Waals surface area contributed by atoms with Crippen LogP contribution >= 0.6 is 0 Å². The van der Waals surface area contributed by atoms with Crippen molar-refractivity contribution in [2.45, 2.75) is 30.6 Å². The Labute approximate surface area is 199 Å². The van der Waals surface area contributed by atoms with Crippen LogP contribution in [0.25, 0.3) is 6.08 Å². The molecule has 1 saturated heterocycles. The zero-order chi connectivity index (χ0) is 24.6. The smallest absolute Gasteiger partial charge is 0.255 e. The average molecular weight is 488 g/mol. The molecule has 1 aliphatic rings. The SMILES string of the molecule is COc1ccc(NC(=O)/C=C/c2ccc(S(=O)(=O)N3CCCCCC3)cc2)cc1OCC(N)=O. The predicted octanol–water partition coefficient (Wildman–Crippen LogP) is 2.78.